The van der Waals surface area contributed by atoms with E-state index in [0.29, 0.717) is 0 Å². The second kappa shape index (κ2) is 17.9. The lowest BCUT2D eigenvalue weighted by molar-refractivity contribution is -0.384. The Kier molecular flexibility index (Phi) is 13.3. The second-order valence-electron chi connectivity index (χ2n) is 16.8. The molecule has 2 saturated heterocycles. The number of esters is 1. The van der Waals surface area contributed by atoms with Gasteiger partial charge >= 0.3 is 12.1 Å². The molecule has 2 amide bonds. The van der Waals surface area contributed by atoms with Gasteiger partial charge < -0.3 is 43.5 Å². The number of hydrogen-bond donors (Lipinski definition) is 2. The standard InChI is InChI=1S/C44H55N3O12Si/c1-10-23-53-40(49)36(46-42(50)54-24-34-32-17-13-11-15-30(32)31-16-12-14-18-33(31)34)26(2)56-41-37(45-27(3)48)39-38(58-44(6,7)59-39)35(57-41)25-55-60(8,9)43(4,5)28-19-21-29(22-20-28)47(51)52/h10-22,26,34-39,41H,1,23-25H2,2-9H3,(H,45,48)(H,46,50)/t26-,35-,36+,37-,38+,39-,41+/m1/s1. The van der Waals surface area contributed by atoms with Gasteiger partial charge in [0.25, 0.3) is 5.69 Å². The normalized spacial score (nSPS) is 23.0. The Hall–Kier alpha value is -4.97. The number of carbonyl (C=O) groups excluding carboxylic acids is 3. The topological polar surface area (TPSA) is 183 Å². The van der Waals surface area contributed by atoms with Crippen LogP contribution in [-0.2, 0) is 47.5 Å². The number of hydrogen-bond acceptors (Lipinski definition) is 12. The predicted octanol–water partition coefficient (Wildman–Crippen LogP) is 6.42. The molecule has 15 nitrogen and oxygen atoms in total. The molecule has 3 aliphatic rings. The molecule has 3 aromatic carbocycles. The zero-order chi connectivity index (χ0) is 43.6. The lowest BCUT2D eigenvalue weighted by Crippen LogP contribution is -2.65. The van der Waals surface area contributed by atoms with E-state index in [1.54, 1.807) is 32.9 Å². The van der Waals surface area contributed by atoms with Gasteiger partial charge in [0, 0.05) is 30.0 Å². The van der Waals surface area contributed by atoms with E-state index in [1.807, 2.05) is 62.4 Å². The summed E-state index contributed by atoms with van der Waals surface area (Å²) in [4.78, 5) is 50.6. The molecule has 1 aliphatic carbocycles. The van der Waals surface area contributed by atoms with E-state index in [1.165, 1.54) is 25.1 Å². The van der Waals surface area contributed by atoms with Crippen LogP contribution in [0.15, 0.2) is 85.5 Å². The second-order valence-corrected chi connectivity index (χ2v) is 21.4. The molecule has 2 heterocycles. The zero-order valence-corrected chi connectivity index (χ0v) is 36.3. The quantitative estimate of drug-likeness (QED) is 0.0531. The molecule has 2 N–H and O–H groups in total. The van der Waals surface area contributed by atoms with Gasteiger partial charge in [0.05, 0.1) is 17.6 Å². The van der Waals surface area contributed by atoms with Gasteiger partial charge in [0.15, 0.2) is 26.4 Å². The summed E-state index contributed by atoms with van der Waals surface area (Å²) < 4.78 is 43.7. The zero-order valence-electron chi connectivity index (χ0n) is 35.3. The molecule has 3 aromatic rings. The highest BCUT2D eigenvalue weighted by Crippen LogP contribution is 2.45. The first kappa shape index (κ1) is 44.6. The van der Waals surface area contributed by atoms with Crippen LogP contribution < -0.4 is 10.6 Å². The number of fused-ring (bicyclic) bond motifs is 4. The number of benzene rings is 3. The van der Waals surface area contributed by atoms with Gasteiger partial charge in [0.2, 0.25) is 5.91 Å². The van der Waals surface area contributed by atoms with E-state index in [-0.39, 0.29) is 37.3 Å². The Bertz CT molecular complexity index is 2030. The Labute approximate surface area is 351 Å². The van der Waals surface area contributed by atoms with E-state index in [9.17, 15) is 24.5 Å². The van der Waals surface area contributed by atoms with Crippen molar-refractivity contribution in [2.75, 3.05) is 19.8 Å². The number of nitro groups is 1. The van der Waals surface area contributed by atoms with Crippen LogP contribution in [0.4, 0.5) is 10.5 Å². The summed E-state index contributed by atoms with van der Waals surface area (Å²) in [5.74, 6) is -2.47. The fraction of sp³-hybridized carbons (Fsp3) is 0.477. The van der Waals surface area contributed by atoms with Crippen molar-refractivity contribution in [1.82, 2.24) is 10.6 Å². The number of nitro benzene ring substituents is 1. The van der Waals surface area contributed by atoms with Crippen molar-refractivity contribution in [2.24, 2.45) is 0 Å². The Morgan fingerprint density at radius 1 is 0.950 bits per heavy atom. The van der Waals surface area contributed by atoms with Gasteiger partial charge in [-0.25, -0.2) is 9.59 Å². The van der Waals surface area contributed by atoms with Crippen LogP contribution in [-0.4, -0.2) is 99.6 Å². The third-order valence-electron chi connectivity index (χ3n) is 11.8. The average Bonchev–Trinajstić information content (AvgIpc) is 3.71. The first-order valence-electron chi connectivity index (χ1n) is 20.0. The SMILES string of the molecule is C=CCOC(=O)[C@@H](NC(=O)OCC1c2ccccc2-c2ccccc21)[C@@H](C)O[C@H]1O[C@H](CO[Si](C)(C)C(C)(C)c2ccc([N+](=O)[O-])cc2)[C@@H]2OC(C)(C)O[C@@H]2[C@H]1NC(C)=O. The van der Waals surface area contributed by atoms with E-state index in [2.05, 4.69) is 30.3 Å². The fourth-order valence-corrected chi connectivity index (χ4v) is 9.79. The van der Waals surface area contributed by atoms with Crippen LogP contribution in [0.2, 0.25) is 13.1 Å². The molecular formula is C44H55N3O12Si. The fourth-order valence-electron chi connectivity index (χ4n) is 7.98. The minimum atomic E-state index is -2.69. The van der Waals surface area contributed by atoms with Crippen molar-refractivity contribution in [3.8, 4) is 11.1 Å². The van der Waals surface area contributed by atoms with Gasteiger partial charge in [-0.1, -0.05) is 87.2 Å². The molecule has 0 spiro atoms. The van der Waals surface area contributed by atoms with Crippen molar-refractivity contribution in [3.05, 3.63) is 112 Å². The molecule has 0 unspecified atom stereocenters. The van der Waals surface area contributed by atoms with Crippen LogP contribution >= 0.6 is 0 Å². The number of amides is 2. The van der Waals surface area contributed by atoms with Gasteiger partial charge in [0.1, 0.15) is 37.6 Å². The number of carbonyl (C=O) groups is 3. The largest absolute Gasteiger partial charge is 0.460 e. The minimum absolute atomic E-state index is 0.00346. The van der Waals surface area contributed by atoms with Crippen LogP contribution in [0.3, 0.4) is 0 Å². The van der Waals surface area contributed by atoms with Gasteiger partial charge in [-0.3, -0.25) is 14.9 Å². The average molecular weight is 846 g/mol. The number of ether oxygens (including phenoxy) is 6. The molecule has 0 aromatic heterocycles. The highest BCUT2D eigenvalue weighted by molar-refractivity contribution is 6.74. The number of alkyl carbamates (subject to hydrolysis) is 1. The molecule has 0 radical (unpaired) electrons. The van der Waals surface area contributed by atoms with E-state index in [4.69, 9.17) is 32.8 Å². The summed E-state index contributed by atoms with van der Waals surface area (Å²) in [7, 11) is -2.69. The van der Waals surface area contributed by atoms with Crippen LogP contribution in [0, 0.1) is 10.1 Å². The van der Waals surface area contributed by atoms with Gasteiger partial charge in [-0.05, 0) is 61.7 Å². The maximum absolute atomic E-state index is 13.6. The van der Waals surface area contributed by atoms with Crippen molar-refractivity contribution in [3.63, 3.8) is 0 Å². The first-order chi connectivity index (χ1) is 28.3. The summed E-state index contributed by atoms with van der Waals surface area (Å²) in [6.07, 6.45) is -4.02. The minimum Gasteiger partial charge on any atom is -0.460 e. The van der Waals surface area contributed by atoms with Crippen LogP contribution in [0.5, 0.6) is 0 Å². The molecule has 6 rings (SSSR count). The summed E-state index contributed by atoms with van der Waals surface area (Å²) in [5.41, 5.74) is 5.08. The van der Waals surface area contributed by atoms with Crippen molar-refractivity contribution >= 4 is 32.0 Å². The Morgan fingerprint density at radius 2 is 1.55 bits per heavy atom. The Balaban J connectivity index is 1.20. The monoisotopic (exact) mass is 845 g/mol. The third-order valence-corrected chi connectivity index (χ3v) is 16.0. The predicted molar refractivity (Wildman–Crippen MR) is 223 cm³/mol. The molecule has 0 bridgehead atoms. The molecule has 16 heteroatoms. The molecule has 2 fully saturated rings. The van der Waals surface area contributed by atoms with Crippen LogP contribution in [0.1, 0.15) is 64.2 Å². The van der Waals surface area contributed by atoms with E-state index < -0.39 is 78.9 Å². The molecular weight excluding hydrogens is 791 g/mol. The highest BCUT2D eigenvalue weighted by atomic mass is 28.4. The van der Waals surface area contributed by atoms with Crippen LogP contribution in [0.25, 0.3) is 11.1 Å². The smallest absolute Gasteiger partial charge is 0.407 e. The number of nitrogens with one attached hydrogen (secondary N) is 2. The molecule has 322 valence electrons. The molecule has 7 atom stereocenters. The number of rotatable bonds is 16. The molecule has 60 heavy (non-hydrogen) atoms. The van der Waals surface area contributed by atoms with Crippen molar-refractivity contribution in [2.45, 2.75) is 114 Å². The van der Waals surface area contributed by atoms with Gasteiger partial charge in [-0.15, -0.1) is 0 Å². The summed E-state index contributed by atoms with van der Waals surface area (Å²) in [5, 5.41) is 16.4. The summed E-state index contributed by atoms with van der Waals surface area (Å²) in [6, 6.07) is 20.1. The maximum Gasteiger partial charge on any atom is 0.407 e. The highest BCUT2D eigenvalue weighted by Gasteiger charge is 2.57. The molecule has 2 aliphatic heterocycles. The lowest BCUT2D eigenvalue weighted by atomic mass is 9.96. The first-order valence-corrected chi connectivity index (χ1v) is 23.0. The lowest BCUT2D eigenvalue weighted by Gasteiger charge is -2.45. The van der Waals surface area contributed by atoms with Crippen molar-refractivity contribution < 1.29 is 52.2 Å². The number of nitrogens with zero attached hydrogens (tertiary/aromatic N) is 1. The molecule has 0 saturated carbocycles. The maximum atomic E-state index is 13.6. The Morgan fingerprint density at radius 3 is 2.13 bits per heavy atom. The van der Waals surface area contributed by atoms with Crippen molar-refractivity contribution in [1.29, 1.82) is 0 Å². The van der Waals surface area contributed by atoms with E-state index in [0.717, 1.165) is 27.8 Å². The van der Waals surface area contributed by atoms with E-state index >= 15 is 0 Å². The van der Waals surface area contributed by atoms with Gasteiger partial charge in [-0.2, -0.15) is 0 Å². The third kappa shape index (κ3) is 9.48. The number of non-ortho nitro benzene ring substituents is 1. The summed E-state index contributed by atoms with van der Waals surface area (Å²) in [6.45, 7) is 18.2. The summed E-state index contributed by atoms with van der Waals surface area (Å²) >= 11 is 0.